The Labute approximate surface area is 209 Å². The molecule has 1 atom stereocenters. The van der Waals surface area contributed by atoms with Crippen LogP contribution in [0.3, 0.4) is 0 Å². The van der Waals surface area contributed by atoms with Crippen LogP contribution in [0.2, 0.25) is 0 Å². The highest BCUT2D eigenvalue weighted by Gasteiger charge is 2.40. The lowest BCUT2D eigenvalue weighted by Crippen LogP contribution is -2.47. The topological polar surface area (TPSA) is 95.0 Å². The van der Waals surface area contributed by atoms with Crippen LogP contribution < -0.4 is 5.32 Å². The van der Waals surface area contributed by atoms with Crippen molar-refractivity contribution in [3.05, 3.63) is 65.5 Å². The first-order valence-electron chi connectivity index (χ1n) is 12.3. The van der Waals surface area contributed by atoms with Crippen LogP contribution >= 0.6 is 0 Å². The fourth-order valence-corrected chi connectivity index (χ4v) is 5.01. The van der Waals surface area contributed by atoms with Gasteiger partial charge in [0, 0.05) is 31.4 Å². The summed E-state index contributed by atoms with van der Waals surface area (Å²) in [6, 6.07) is 9.56. The maximum absolute atomic E-state index is 12.2. The van der Waals surface area contributed by atoms with Gasteiger partial charge in [0.15, 0.2) is 11.6 Å². The summed E-state index contributed by atoms with van der Waals surface area (Å²) >= 11 is 0. The molecule has 1 aliphatic carbocycles. The summed E-state index contributed by atoms with van der Waals surface area (Å²) in [5.74, 6) is -1.57. The Morgan fingerprint density at radius 3 is 2.53 bits per heavy atom. The summed E-state index contributed by atoms with van der Waals surface area (Å²) in [5.41, 5.74) is 0.655. The van der Waals surface area contributed by atoms with E-state index in [0.717, 1.165) is 60.6 Å². The third-order valence-electron chi connectivity index (χ3n) is 7.07. The Kier molecular flexibility index (Phi) is 8.15. The van der Waals surface area contributed by atoms with Gasteiger partial charge in [-0.15, -0.1) is 0 Å². The van der Waals surface area contributed by atoms with Crippen LogP contribution in [0.15, 0.2) is 42.6 Å². The Balaban J connectivity index is 0.000000286. The van der Waals surface area contributed by atoms with Crippen molar-refractivity contribution in [2.75, 3.05) is 26.2 Å². The van der Waals surface area contributed by atoms with Crippen molar-refractivity contribution >= 4 is 12.1 Å². The fraction of sp³-hybridized carbons (Fsp3) is 0.500. The van der Waals surface area contributed by atoms with Gasteiger partial charge in [-0.05, 0) is 68.9 Å². The largest absolute Gasteiger partial charge is 0.447 e. The maximum Gasteiger partial charge on any atom is 0.418 e. The average Bonchev–Trinajstić information content (AvgIpc) is 3.52. The van der Waals surface area contributed by atoms with Crippen molar-refractivity contribution in [1.29, 1.82) is 0 Å². The van der Waals surface area contributed by atoms with E-state index in [2.05, 4.69) is 15.2 Å². The molecule has 3 fully saturated rings. The summed E-state index contributed by atoms with van der Waals surface area (Å²) < 4.78 is 29.1. The molecule has 2 aromatic rings. The van der Waals surface area contributed by atoms with Gasteiger partial charge in [0.2, 0.25) is 0 Å². The number of aliphatic hydroxyl groups is 1. The van der Waals surface area contributed by atoms with E-state index < -0.39 is 23.3 Å². The van der Waals surface area contributed by atoms with Crippen LogP contribution in [0.25, 0.3) is 0 Å². The standard InChI is InChI=1S/C19H26N4O4.C7H6F2/c24-17(23-11-12-27-18(23)25)21-14-6-10-22(13-14)15-4-7-19(26,8-5-15)16-3-1-2-9-20-16;1-5-2-3-6(8)7(9)4-5/h1-3,9,14-15,26H,4-8,10-13H2,(H,21,24);2-4H,1H3. The number of carbonyl (C=O) groups excluding carboxylic acids is 2. The average molecular weight is 503 g/mol. The SMILES string of the molecule is Cc1ccc(F)c(F)c1.O=C(NC1CCN(C2CCC(O)(c3ccccn3)CC2)C1)N1CCOC1=O. The second-order valence-electron chi connectivity index (χ2n) is 9.59. The van der Waals surface area contributed by atoms with Crippen LogP contribution in [0.4, 0.5) is 18.4 Å². The molecule has 2 N–H and O–H groups in total. The smallest absolute Gasteiger partial charge is 0.418 e. The number of amides is 3. The highest BCUT2D eigenvalue weighted by molar-refractivity contribution is 5.92. The van der Waals surface area contributed by atoms with E-state index in [9.17, 15) is 23.5 Å². The molecule has 1 saturated carbocycles. The molecule has 2 saturated heterocycles. The zero-order valence-corrected chi connectivity index (χ0v) is 20.3. The molecule has 1 unspecified atom stereocenters. The molecule has 3 amide bonds. The number of halogens is 2. The number of ether oxygens (including phenoxy) is 1. The Morgan fingerprint density at radius 1 is 1.14 bits per heavy atom. The minimum Gasteiger partial charge on any atom is -0.447 e. The summed E-state index contributed by atoms with van der Waals surface area (Å²) in [5, 5.41) is 13.9. The second kappa shape index (κ2) is 11.3. The maximum atomic E-state index is 12.2. The number of aryl methyl sites for hydroxylation is 1. The third-order valence-corrected chi connectivity index (χ3v) is 7.07. The molecule has 3 aliphatic rings. The number of urea groups is 1. The number of imide groups is 1. The van der Waals surface area contributed by atoms with Crippen molar-refractivity contribution in [3.63, 3.8) is 0 Å². The van der Waals surface area contributed by atoms with Crippen molar-refractivity contribution < 1.29 is 28.2 Å². The van der Waals surface area contributed by atoms with Gasteiger partial charge in [0.25, 0.3) is 0 Å². The molecular weight excluding hydrogens is 470 g/mol. The molecule has 194 valence electrons. The molecule has 8 nitrogen and oxygen atoms in total. The van der Waals surface area contributed by atoms with Crippen molar-refractivity contribution in [2.45, 2.75) is 56.7 Å². The zero-order valence-electron chi connectivity index (χ0n) is 20.3. The lowest BCUT2D eigenvalue weighted by molar-refractivity contribution is -0.0257. The zero-order chi connectivity index (χ0) is 25.7. The molecule has 10 heteroatoms. The number of hydrogen-bond acceptors (Lipinski definition) is 6. The lowest BCUT2D eigenvalue weighted by atomic mass is 9.79. The molecular formula is C26H32F2N4O4. The van der Waals surface area contributed by atoms with E-state index in [1.54, 1.807) is 13.1 Å². The van der Waals surface area contributed by atoms with E-state index in [0.29, 0.717) is 25.4 Å². The number of carbonyl (C=O) groups is 2. The molecule has 0 spiro atoms. The van der Waals surface area contributed by atoms with E-state index >= 15 is 0 Å². The number of benzene rings is 1. The minimum absolute atomic E-state index is 0.0440. The first-order valence-corrected chi connectivity index (χ1v) is 12.3. The normalized spacial score (nSPS) is 26.2. The molecule has 3 heterocycles. The second-order valence-corrected chi connectivity index (χ2v) is 9.59. The Morgan fingerprint density at radius 2 is 1.92 bits per heavy atom. The first kappa shape index (κ1) is 26.0. The van der Waals surface area contributed by atoms with E-state index in [1.165, 1.54) is 6.07 Å². The summed E-state index contributed by atoms with van der Waals surface area (Å²) in [6.45, 7) is 3.99. The van der Waals surface area contributed by atoms with Crippen LogP contribution in [-0.2, 0) is 10.3 Å². The highest BCUT2D eigenvalue weighted by Crippen LogP contribution is 2.38. The van der Waals surface area contributed by atoms with E-state index in [-0.39, 0.29) is 18.7 Å². The van der Waals surface area contributed by atoms with Gasteiger partial charge >= 0.3 is 12.1 Å². The number of rotatable bonds is 3. The molecule has 0 radical (unpaired) electrons. The summed E-state index contributed by atoms with van der Waals surface area (Å²) in [4.78, 5) is 31.5. The molecule has 1 aromatic heterocycles. The van der Waals surface area contributed by atoms with Crippen LogP contribution in [0.1, 0.15) is 43.4 Å². The Bertz CT molecular complexity index is 1060. The number of pyridine rings is 1. The third kappa shape index (κ3) is 6.17. The molecule has 36 heavy (non-hydrogen) atoms. The van der Waals surface area contributed by atoms with Gasteiger partial charge in [0.05, 0.1) is 12.2 Å². The summed E-state index contributed by atoms with van der Waals surface area (Å²) in [7, 11) is 0. The predicted molar refractivity (Wildman–Crippen MR) is 128 cm³/mol. The van der Waals surface area contributed by atoms with Crippen molar-refractivity contribution in [1.82, 2.24) is 20.1 Å². The van der Waals surface area contributed by atoms with Crippen LogP contribution in [0.5, 0.6) is 0 Å². The first-order chi connectivity index (χ1) is 17.2. The lowest BCUT2D eigenvalue weighted by Gasteiger charge is -2.39. The number of cyclic esters (lactones) is 1. The Hall–Kier alpha value is -3.11. The van der Waals surface area contributed by atoms with Gasteiger partial charge in [-0.1, -0.05) is 12.1 Å². The molecule has 1 aromatic carbocycles. The number of nitrogens with one attached hydrogen (secondary N) is 1. The predicted octanol–water partition coefficient (Wildman–Crippen LogP) is 3.72. The van der Waals surface area contributed by atoms with Gasteiger partial charge in [-0.25, -0.2) is 23.3 Å². The van der Waals surface area contributed by atoms with Gasteiger partial charge in [0.1, 0.15) is 12.2 Å². The number of hydrogen-bond donors (Lipinski definition) is 2. The number of nitrogens with zero attached hydrogens (tertiary/aromatic N) is 3. The van der Waals surface area contributed by atoms with Crippen molar-refractivity contribution in [2.24, 2.45) is 0 Å². The van der Waals surface area contributed by atoms with Crippen LogP contribution in [-0.4, -0.2) is 70.3 Å². The minimum atomic E-state index is -0.832. The quantitative estimate of drug-likeness (QED) is 0.665. The molecule has 2 aliphatic heterocycles. The molecule has 0 bridgehead atoms. The monoisotopic (exact) mass is 502 g/mol. The molecule has 5 rings (SSSR count). The van der Waals surface area contributed by atoms with E-state index in [1.807, 2.05) is 18.2 Å². The van der Waals surface area contributed by atoms with Gasteiger partial charge in [-0.2, -0.15) is 0 Å². The van der Waals surface area contributed by atoms with E-state index in [4.69, 9.17) is 4.74 Å². The summed E-state index contributed by atoms with van der Waals surface area (Å²) in [6.07, 6.45) is 5.24. The van der Waals surface area contributed by atoms with Gasteiger partial charge in [-0.3, -0.25) is 9.88 Å². The fourth-order valence-electron chi connectivity index (χ4n) is 5.01. The number of likely N-dealkylation sites (tertiary alicyclic amines) is 1. The van der Waals surface area contributed by atoms with Gasteiger partial charge < -0.3 is 15.2 Å². The highest BCUT2D eigenvalue weighted by atomic mass is 19.2. The van der Waals surface area contributed by atoms with Crippen molar-refractivity contribution in [3.8, 4) is 0 Å². The van der Waals surface area contributed by atoms with Crippen LogP contribution in [0, 0.1) is 18.6 Å². The number of aromatic nitrogens is 1.